The summed E-state index contributed by atoms with van der Waals surface area (Å²) < 4.78 is 5.24. The Morgan fingerprint density at radius 2 is 2.06 bits per heavy atom. The van der Waals surface area contributed by atoms with Crippen LogP contribution >= 0.6 is 0 Å². The van der Waals surface area contributed by atoms with Gasteiger partial charge in [0.15, 0.2) is 0 Å². The summed E-state index contributed by atoms with van der Waals surface area (Å²) in [5.74, 6) is 0.189. The Hall–Kier alpha value is -1.35. The van der Waals surface area contributed by atoms with E-state index in [4.69, 9.17) is 10.5 Å². The van der Waals surface area contributed by atoms with Gasteiger partial charge in [0.05, 0.1) is 0 Å². The van der Waals surface area contributed by atoms with Crippen molar-refractivity contribution in [3.63, 3.8) is 0 Å². The second kappa shape index (κ2) is 5.82. The topological polar surface area (TPSA) is 52.3 Å². The van der Waals surface area contributed by atoms with Crippen molar-refractivity contribution in [3.05, 3.63) is 35.9 Å². The lowest BCUT2D eigenvalue weighted by Crippen LogP contribution is -2.26. The highest BCUT2D eigenvalue weighted by Crippen LogP contribution is 2.27. The van der Waals surface area contributed by atoms with Gasteiger partial charge in [0.2, 0.25) is 0 Å². The van der Waals surface area contributed by atoms with Crippen LogP contribution in [-0.4, -0.2) is 12.0 Å². The Kier molecular flexibility index (Phi) is 4.15. The quantitative estimate of drug-likeness (QED) is 0.811. The molecule has 1 saturated carbocycles. The van der Waals surface area contributed by atoms with E-state index >= 15 is 0 Å². The molecular weight excluding hydrogens is 214 g/mol. The van der Waals surface area contributed by atoms with Crippen molar-refractivity contribution >= 4 is 5.97 Å². The van der Waals surface area contributed by atoms with E-state index in [1.165, 1.54) is 0 Å². The fourth-order valence-corrected chi connectivity index (χ4v) is 2.33. The highest BCUT2D eigenvalue weighted by atomic mass is 16.5. The van der Waals surface area contributed by atoms with E-state index in [-0.39, 0.29) is 12.0 Å². The number of nitrogens with two attached hydrogens (primary N) is 1. The van der Waals surface area contributed by atoms with Crippen molar-refractivity contribution < 1.29 is 9.53 Å². The highest BCUT2D eigenvalue weighted by Gasteiger charge is 2.26. The summed E-state index contributed by atoms with van der Waals surface area (Å²) in [5.41, 5.74) is 6.95. The molecule has 0 aromatic heterocycles. The first-order valence-corrected chi connectivity index (χ1v) is 6.21. The molecule has 0 heterocycles. The Morgan fingerprint density at radius 3 is 2.71 bits per heavy atom. The van der Waals surface area contributed by atoms with E-state index in [9.17, 15) is 4.79 Å². The maximum atomic E-state index is 11.6. The summed E-state index contributed by atoms with van der Waals surface area (Å²) in [4.78, 5) is 11.6. The Bertz CT molecular complexity index is 364. The van der Waals surface area contributed by atoms with Crippen molar-refractivity contribution in [2.24, 2.45) is 11.7 Å². The lowest BCUT2D eigenvalue weighted by atomic mass is 10.0. The highest BCUT2D eigenvalue weighted by molar-refractivity contribution is 5.69. The van der Waals surface area contributed by atoms with Gasteiger partial charge in [0, 0.05) is 12.5 Å². The van der Waals surface area contributed by atoms with Crippen molar-refractivity contribution in [2.45, 2.75) is 38.3 Å². The molecular formula is C14H19NO2. The van der Waals surface area contributed by atoms with E-state index in [0.29, 0.717) is 18.9 Å². The van der Waals surface area contributed by atoms with Crippen LogP contribution in [0, 0.1) is 5.92 Å². The van der Waals surface area contributed by atoms with E-state index in [1.54, 1.807) is 0 Å². The molecule has 0 bridgehead atoms. The number of carbonyl (C=O) groups excluding carboxylic acids is 1. The maximum Gasteiger partial charge on any atom is 0.306 e. The van der Waals surface area contributed by atoms with Gasteiger partial charge in [-0.3, -0.25) is 4.79 Å². The summed E-state index contributed by atoms with van der Waals surface area (Å²) in [6, 6.07) is 9.91. The van der Waals surface area contributed by atoms with Crippen LogP contribution in [0.1, 0.15) is 31.2 Å². The third kappa shape index (κ3) is 3.56. The number of ether oxygens (including phenoxy) is 1. The molecule has 1 aliphatic rings. The summed E-state index contributed by atoms with van der Waals surface area (Å²) >= 11 is 0. The Balaban J connectivity index is 1.74. The van der Waals surface area contributed by atoms with Crippen LogP contribution in [0.3, 0.4) is 0 Å². The maximum absolute atomic E-state index is 11.6. The Labute approximate surface area is 102 Å². The fraction of sp³-hybridized carbons (Fsp3) is 0.500. The molecule has 3 nitrogen and oxygen atoms in total. The second-order valence-electron chi connectivity index (χ2n) is 4.71. The zero-order chi connectivity index (χ0) is 12.1. The first-order valence-electron chi connectivity index (χ1n) is 6.21. The molecule has 17 heavy (non-hydrogen) atoms. The minimum Gasteiger partial charge on any atom is -0.461 e. The zero-order valence-corrected chi connectivity index (χ0v) is 9.97. The van der Waals surface area contributed by atoms with Crippen LogP contribution in [0.2, 0.25) is 0 Å². The molecule has 0 amide bonds. The molecule has 1 aromatic carbocycles. The van der Waals surface area contributed by atoms with Gasteiger partial charge in [-0.05, 0) is 24.3 Å². The molecule has 2 rings (SSSR count). The molecule has 1 aliphatic carbocycles. The summed E-state index contributed by atoms with van der Waals surface area (Å²) in [6.45, 7) is 0.363. The average molecular weight is 233 g/mol. The molecule has 1 fully saturated rings. The zero-order valence-electron chi connectivity index (χ0n) is 9.97. The van der Waals surface area contributed by atoms with Gasteiger partial charge in [0.1, 0.15) is 6.61 Å². The van der Waals surface area contributed by atoms with Crippen LogP contribution in [0.4, 0.5) is 0 Å². The fourth-order valence-electron chi connectivity index (χ4n) is 2.33. The third-order valence-electron chi connectivity index (χ3n) is 3.39. The molecule has 2 unspecified atom stereocenters. The van der Waals surface area contributed by atoms with Gasteiger partial charge < -0.3 is 10.5 Å². The van der Waals surface area contributed by atoms with Crippen molar-refractivity contribution in [1.82, 2.24) is 0 Å². The van der Waals surface area contributed by atoms with E-state index in [1.807, 2.05) is 30.3 Å². The molecule has 1 aromatic rings. The lowest BCUT2D eigenvalue weighted by Gasteiger charge is -2.14. The number of benzene rings is 1. The van der Waals surface area contributed by atoms with Gasteiger partial charge in [0.25, 0.3) is 0 Å². The summed E-state index contributed by atoms with van der Waals surface area (Å²) in [7, 11) is 0. The molecule has 2 N–H and O–H groups in total. The average Bonchev–Trinajstić information content (AvgIpc) is 2.74. The lowest BCUT2D eigenvalue weighted by molar-refractivity contribution is -0.146. The number of rotatable bonds is 4. The molecule has 0 spiro atoms. The first-order chi connectivity index (χ1) is 8.25. The number of hydrogen-bond acceptors (Lipinski definition) is 3. The molecule has 2 atom stereocenters. The van der Waals surface area contributed by atoms with Crippen LogP contribution in [0.15, 0.2) is 30.3 Å². The van der Waals surface area contributed by atoms with Crippen LogP contribution in [0.25, 0.3) is 0 Å². The van der Waals surface area contributed by atoms with Gasteiger partial charge in [-0.2, -0.15) is 0 Å². The van der Waals surface area contributed by atoms with Crippen LogP contribution in [0.5, 0.6) is 0 Å². The standard InChI is InChI=1S/C14H19NO2/c15-13-8-4-7-12(13)9-14(16)17-10-11-5-2-1-3-6-11/h1-3,5-6,12-13H,4,7-10,15H2. The van der Waals surface area contributed by atoms with Crippen LogP contribution in [-0.2, 0) is 16.1 Å². The van der Waals surface area contributed by atoms with E-state index in [2.05, 4.69) is 0 Å². The van der Waals surface area contributed by atoms with Crippen molar-refractivity contribution in [1.29, 1.82) is 0 Å². The van der Waals surface area contributed by atoms with E-state index < -0.39 is 0 Å². The predicted octanol–water partition coefficient (Wildman–Crippen LogP) is 2.25. The molecule has 92 valence electrons. The van der Waals surface area contributed by atoms with Crippen LogP contribution < -0.4 is 5.73 Å². The SMILES string of the molecule is NC1CCCC1CC(=O)OCc1ccccc1. The van der Waals surface area contributed by atoms with Gasteiger partial charge >= 0.3 is 5.97 Å². The van der Waals surface area contributed by atoms with Gasteiger partial charge in [-0.1, -0.05) is 36.8 Å². The van der Waals surface area contributed by atoms with Crippen molar-refractivity contribution in [2.75, 3.05) is 0 Å². The second-order valence-corrected chi connectivity index (χ2v) is 4.71. The monoisotopic (exact) mass is 233 g/mol. The number of esters is 1. The smallest absolute Gasteiger partial charge is 0.306 e. The number of hydrogen-bond donors (Lipinski definition) is 1. The van der Waals surface area contributed by atoms with Gasteiger partial charge in [-0.25, -0.2) is 0 Å². The van der Waals surface area contributed by atoms with Crippen molar-refractivity contribution in [3.8, 4) is 0 Å². The summed E-state index contributed by atoms with van der Waals surface area (Å²) in [5, 5.41) is 0. The minimum atomic E-state index is -0.129. The predicted molar refractivity (Wildman–Crippen MR) is 66.2 cm³/mol. The molecule has 3 heteroatoms. The Morgan fingerprint density at radius 1 is 1.29 bits per heavy atom. The third-order valence-corrected chi connectivity index (χ3v) is 3.39. The van der Waals surface area contributed by atoms with Gasteiger partial charge in [-0.15, -0.1) is 0 Å². The largest absolute Gasteiger partial charge is 0.461 e. The summed E-state index contributed by atoms with van der Waals surface area (Å²) in [6.07, 6.45) is 3.70. The molecule has 0 saturated heterocycles. The molecule has 0 radical (unpaired) electrons. The minimum absolute atomic E-state index is 0.129. The first kappa shape index (κ1) is 12.1. The normalized spacial score (nSPS) is 23.6. The van der Waals surface area contributed by atoms with E-state index in [0.717, 1.165) is 24.8 Å². The molecule has 0 aliphatic heterocycles. The number of carbonyl (C=O) groups is 1.